The summed E-state index contributed by atoms with van der Waals surface area (Å²) in [5.41, 5.74) is 7.53. The minimum atomic E-state index is -0.193. The molecule has 3 rings (SSSR count). The maximum atomic E-state index is 6.56. The first-order valence-corrected chi connectivity index (χ1v) is 7.49. The van der Waals surface area contributed by atoms with Gasteiger partial charge in [0.1, 0.15) is 11.9 Å². The molecule has 2 N–H and O–H groups in total. The van der Waals surface area contributed by atoms with Crippen LogP contribution in [0.5, 0.6) is 5.75 Å². The Bertz CT molecular complexity index is 484. The second-order valence-electron chi connectivity index (χ2n) is 7.32. The van der Waals surface area contributed by atoms with Crippen LogP contribution >= 0.6 is 0 Å². The van der Waals surface area contributed by atoms with Crippen molar-refractivity contribution in [2.24, 2.45) is 11.7 Å². The summed E-state index contributed by atoms with van der Waals surface area (Å²) < 4.78 is 12.2. The Hall–Kier alpha value is -1.06. The standard InChI is InChI=1S/C17H25NO2/c1-16(2)10-12(17(3,4)20-16)15(18)14-9-11-7-5-6-8-13(11)19-14/h5-8,12,14-15H,9-10,18H2,1-4H3. The van der Waals surface area contributed by atoms with Crippen LogP contribution in [-0.4, -0.2) is 23.3 Å². The van der Waals surface area contributed by atoms with Crippen molar-refractivity contribution in [2.45, 2.75) is 63.9 Å². The fourth-order valence-corrected chi connectivity index (χ4v) is 3.89. The van der Waals surface area contributed by atoms with Gasteiger partial charge in [-0.15, -0.1) is 0 Å². The summed E-state index contributed by atoms with van der Waals surface area (Å²) in [4.78, 5) is 0. The SMILES string of the molecule is CC1(C)CC(C(N)C2Cc3ccccc3O2)C(C)(C)O1. The lowest BCUT2D eigenvalue weighted by molar-refractivity contribution is -0.0794. The molecule has 0 radical (unpaired) electrons. The van der Waals surface area contributed by atoms with Gasteiger partial charge in [-0.2, -0.15) is 0 Å². The summed E-state index contributed by atoms with van der Waals surface area (Å²) in [5, 5.41) is 0. The van der Waals surface area contributed by atoms with Gasteiger partial charge in [0.2, 0.25) is 0 Å². The Labute approximate surface area is 121 Å². The van der Waals surface area contributed by atoms with E-state index >= 15 is 0 Å². The fraction of sp³-hybridized carbons (Fsp3) is 0.647. The molecule has 0 aromatic heterocycles. The van der Waals surface area contributed by atoms with Gasteiger partial charge in [-0.05, 0) is 45.7 Å². The number of rotatable bonds is 2. The van der Waals surface area contributed by atoms with Crippen molar-refractivity contribution in [2.75, 3.05) is 0 Å². The van der Waals surface area contributed by atoms with E-state index in [1.807, 2.05) is 12.1 Å². The fourth-order valence-electron chi connectivity index (χ4n) is 3.89. The van der Waals surface area contributed by atoms with Crippen molar-refractivity contribution in [3.63, 3.8) is 0 Å². The molecule has 1 saturated heterocycles. The van der Waals surface area contributed by atoms with Gasteiger partial charge in [0, 0.05) is 18.4 Å². The van der Waals surface area contributed by atoms with Gasteiger partial charge in [0.25, 0.3) is 0 Å². The second kappa shape index (κ2) is 4.47. The van der Waals surface area contributed by atoms with Crippen molar-refractivity contribution in [1.29, 1.82) is 0 Å². The third kappa shape index (κ3) is 2.33. The van der Waals surface area contributed by atoms with E-state index in [0.29, 0.717) is 5.92 Å². The third-order valence-corrected chi connectivity index (χ3v) is 4.71. The van der Waals surface area contributed by atoms with Crippen molar-refractivity contribution in [3.8, 4) is 5.75 Å². The molecule has 0 aliphatic carbocycles. The zero-order valence-corrected chi connectivity index (χ0v) is 12.8. The monoisotopic (exact) mass is 275 g/mol. The Morgan fingerprint density at radius 1 is 1.20 bits per heavy atom. The van der Waals surface area contributed by atoms with Crippen LogP contribution in [0.4, 0.5) is 0 Å². The molecule has 1 fully saturated rings. The molecule has 3 heteroatoms. The normalized spacial score (nSPS) is 31.6. The maximum absolute atomic E-state index is 6.56. The summed E-state index contributed by atoms with van der Waals surface area (Å²) in [6.07, 6.45) is 1.95. The highest BCUT2D eigenvalue weighted by molar-refractivity contribution is 5.37. The van der Waals surface area contributed by atoms with Crippen LogP contribution in [0.2, 0.25) is 0 Å². The number of fused-ring (bicyclic) bond motifs is 1. The van der Waals surface area contributed by atoms with E-state index in [0.717, 1.165) is 18.6 Å². The van der Waals surface area contributed by atoms with Gasteiger partial charge in [0.15, 0.2) is 0 Å². The predicted octanol–water partition coefficient (Wildman–Crippen LogP) is 2.91. The highest BCUT2D eigenvalue weighted by Crippen LogP contribution is 2.45. The molecular weight excluding hydrogens is 250 g/mol. The van der Waals surface area contributed by atoms with Crippen molar-refractivity contribution in [3.05, 3.63) is 29.8 Å². The van der Waals surface area contributed by atoms with Crippen LogP contribution < -0.4 is 10.5 Å². The van der Waals surface area contributed by atoms with Crippen LogP contribution in [-0.2, 0) is 11.2 Å². The highest BCUT2D eigenvalue weighted by Gasteiger charge is 2.50. The molecule has 0 saturated carbocycles. The molecule has 20 heavy (non-hydrogen) atoms. The van der Waals surface area contributed by atoms with Gasteiger partial charge in [-0.1, -0.05) is 18.2 Å². The van der Waals surface area contributed by atoms with Crippen LogP contribution in [0.3, 0.4) is 0 Å². The largest absolute Gasteiger partial charge is 0.488 e. The number of nitrogens with two attached hydrogens (primary N) is 1. The zero-order chi connectivity index (χ0) is 14.5. The minimum absolute atomic E-state index is 0.000764. The van der Waals surface area contributed by atoms with Crippen molar-refractivity contribution in [1.82, 2.24) is 0 Å². The van der Waals surface area contributed by atoms with Gasteiger partial charge in [-0.3, -0.25) is 0 Å². The van der Waals surface area contributed by atoms with Crippen LogP contribution in [0, 0.1) is 5.92 Å². The van der Waals surface area contributed by atoms with Gasteiger partial charge in [-0.25, -0.2) is 0 Å². The van der Waals surface area contributed by atoms with Crippen LogP contribution in [0.25, 0.3) is 0 Å². The summed E-state index contributed by atoms with van der Waals surface area (Å²) in [7, 11) is 0. The lowest BCUT2D eigenvalue weighted by Crippen LogP contribution is -2.49. The number of para-hydroxylation sites is 1. The summed E-state index contributed by atoms with van der Waals surface area (Å²) in [6.45, 7) is 8.58. The molecule has 0 bridgehead atoms. The Kier molecular flexibility index (Phi) is 3.11. The lowest BCUT2D eigenvalue weighted by Gasteiger charge is -2.33. The smallest absolute Gasteiger partial charge is 0.123 e. The van der Waals surface area contributed by atoms with E-state index in [1.165, 1.54) is 5.56 Å². The molecule has 1 aromatic rings. The number of benzene rings is 1. The Morgan fingerprint density at radius 2 is 1.90 bits per heavy atom. The predicted molar refractivity (Wildman–Crippen MR) is 79.9 cm³/mol. The Balaban J connectivity index is 1.77. The topological polar surface area (TPSA) is 44.5 Å². The number of hydrogen-bond donors (Lipinski definition) is 1. The maximum Gasteiger partial charge on any atom is 0.123 e. The quantitative estimate of drug-likeness (QED) is 0.902. The number of ether oxygens (including phenoxy) is 2. The van der Waals surface area contributed by atoms with E-state index in [1.54, 1.807) is 0 Å². The minimum Gasteiger partial charge on any atom is -0.488 e. The molecule has 3 atom stereocenters. The molecule has 2 aliphatic rings. The van der Waals surface area contributed by atoms with E-state index < -0.39 is 0 Å². The van der Waals surface area contributed by atoms with Crippen LogP contribution in [0.15, 0.2) is 24.3 Å². The second-order valence-corrected chi connectivity index (χ2v) is 7.32. The average Bonchev–Trinajstić information content (AvgIpc) is 2.85. The first kappa shape index (κ1) is 13.9. The molecule has 0 spiro atoms. The summed E-state index contributed by atoms with van der Waals surface area (Å²) in [5.74, 6) is 1.31. The molecule has 2 aliphatic heterocycles. The molecule has 0 amide bonds. The molecule has 3 unspecified atom stereocenters. The van der Waals surface area contributed by atoms with Crippen molar-refractivity contribution < 1.29 is 9.47 Å². The molecule has 2 heterocycles. The first-order chi connectivity index (χ1) is 9.28. The molecule has 110 valence electrons. The first-order valence-electron chi connectivity index (χ1n) is 7.49. The van der Waals surface area contributed by atoms with E-state index in [4.69, 9.17) is 15.2 Å². The lowest BCUT2D eigenvalue weighted by atomic mass is 9.79. The van der Waals surface area contributed by atoms with E-state index in [2.05, 4.69) is 39.8 Å². The van der Waals surface area contributed by atoms with Crippen molar-refractivity contribution >= 4 is 0 Å². The zero-order valence-electron chi connectivity index (χ0n) is 12.8. The number of hydrogen-bond acceptors (Lipinski definition) is 3. The third-order valence-electron chi connectivity index (χ3n) is 4.71. The highest BCUT2D eigenvalue weighted by atomic mass is 16.5. The summed E-state index contributed by atoms with van der Waals surface area (Å²) >= 11 is 0. The Morgan fingerprint density at radius 3 is 2.50 bits per heavy atom. The molecular formula is C17H25NO2. The van der Waals surface area contributed by atoms with E-state index in [-0.39, 0.29) is 23.3 Å². The van der Waals surface area contributed by atoms with E-state index in [9.17, 15) is 0 Å². The average molecular weight is 275 g/mol. The molecule has 1 aromatic carbocycles. The van der Waals surface area contributed by atoms with Gasteiger partial charge >= 0.3 is 0 Å². The van der Waals surface area contributed by atoms with Gasteiger partial charge < -0.3 is 15.2 Å². The summed E-state index contributed by atoms with van der Waals surface area (Å²) in [6, 6.07) is 8.23. The van der Waals surface area contributed by atoms with Crippen LogP contribution in [0.1, 0.15) is 39.7 Å². The molecule has 3 nitrogen and oxygen atoms in total. The van der Waals surface area contributed by atoms with Gasteiger partial charge in [0.05, 0.1) is 11.2 Å².